The van der Waals surface area contributed by atoms with E-state index in [0.29, 0.717) is 61.0 Å². The fourth-order valence-electron chi connectivity index (χ4n) is 7.48. The molecule has 2 aromatic carbocycles. The number of carbonyl (C=O) groups is 3. The van der Waals surface area contributed by atoms with Gasteiger partial charge < -0.3 is 29.3 Å². The predicted molar refractivity (Wildman–Crippen MR) is 179 cm³/mol. The van der Waals surface area contributed by atoms with Crippen molar-refractivity contribution in [2.24, 2.45) is 11.8 Å². The maximum atomic E-state index is 14.7. The van der Waals surface area contributed by atoms with E-state index in [9.17, 15) is 19.5 Å². The van der Waals surface area contributed by atoms with E-state index >= 15 is 0 Å². The average Bonchev–Trinajstić information content (AvgIpc) is 3.70. The van der Waals surface area contributed by atoms with Crippen molar-refractivity contribution in [3.8, 4) is 5.75 Å². The van der Waals surface area contributed by atoms with Gasteiger partial charge in [0, 0.05) is 31.9 Å². The van der Waals surface area contributed by atoms with Gasteiger partial charge in [-0.2, -0.15) is 0 Å². The molecule has 3 aliphatic rings. The minimum Gasteiger partial charge on any atom is -0.494 e. The molecule has 2 unspecified atom stereocenters. The van der Waals surface area contributed by atoms with E-state index in [-0.39, 0.29) is 37.4 Å². The second-order valence-electron chi connectivity index (χ2n) is 12.1. The Morgan fingerprint density at radius 3 is 2.41 bits per heavy atom. The molecule has 0 aromatic heterocycles. The van der Waals surface area contributed by atoms with E-state index in [2.05, 4.69) is 13.2 Å². The summed E-state index contributed by atoms with van der Waals surface area (Å²) in [5, 5.41) is 9.65. The third-order valence-corrected chi connectivity index (χ3v) is 9.70. The first-order valence-corrected chi connectivity index (χ1v) is 16.6. The van der Waals surface area contributed by atoms with Gasteiger partial charge in [-0.15, -0.1) is 13.2 Å². The van der Waals surface area contributed by atoms with Crippen LogP contribution in [-0.4, -0.2) is 78.3 Å². The van der Waals surface area contributed by atoms with Crippen molar-refractivity contribution in [1.82, 2.24) is 4.90 Å². The normalized spacial score (nSPS) is 24.5. The van der Waals surface area contributed by atoms with E-state index in [0.717, 1.165) is 12.8 Å². The van der Waals surface area contributed by atoms with Crippen LogP contribution >= 0.6 is 11.6 Å². The van der Waals surface area contributed by atoms with Gasteiger partial charge in [-0.3, -0.25) is 14.4 Å². The standard InChI is InChI=1S/C36H44ClN3O6/c1-4-21-38(25-15-17-26(18-16-25)45-6-3)33(42)30-29-19-20-36(46-29)31(30)34(43)40(23-11-7-8-12-24-41)32(36)35(44)39(22-5-2)28-14-10-9-13-27(28)37/h4-5,9-10,13-18,29-32,41H,1-2,6-8,11-12,19-24H2,3H3/t29-,30+,31+,32?,36?/m1/s1. The summed E-state index contributed by atoms with van der Waals surface area (Å²) in [5.74, 6) is -1.62. The molecular weight excluding hydrogens is 606 g/mol. The Morgan fingerprint density at radius 1 is 1.04 bits per heavy atom. The third kappa shape index (κ3) is 6.20. The number of hydrogen-bond donors (Lipinski definition) is 1. The van der Waals surface area contributed by atoms with Crippen molar-refractivity contribution in [1.29, 1.82) is 0 Å². The second kappa shape index (κ2) is 14.8. The number of nitrogens with zero attached hydrogens (tertiary/aromatic N) is 3. The molecule has 5 rings (SSSR count). The smallest absolute Gasteiger partial charge is 0.253 e. The van der Waals surface area contributed by atoms with E-state index in [1.54, 1.807) is 45.1 Å². The third-order valence-electron chi connectivity index (χ3n) is 9.38. The van der Waals surface area contributed by atoms with Crippen LogP contribution in [0.25, 0.3) is 0 Å². The fraction of sp³-hybridized carbons (Fsp3) is 0.472. The number of fused-ring (bicyclic) bond motifs is 1. The zero-order valence-electron chi connectivity index (χ0n) is 26.5. The van der Waals surface area contributed by atoms with Gasteiger partial charge in [0.05, 0.1) is 35.3 Å². The number of rotatable bonds is 16. The Labute approximate surface area is 276 Å². The lowest BCUT2D eigenvalue weighted by molar-refractivity contribution is -0.140. The molecule has 46 heavy (non-hydrogen) atoms. The van der Waals surface area contributed by atoms with Crippen LogP contribution in [0.3, 0.4) is 0 Å². The molecule has 10 heteroatoms. The molecule has 3 heterocycles. The molecule has 1 N–H and O–H groups in total. The summed E-state index contributed by atoms with van der Waals surface area (Å²) in [6.45, 7) is 11.1. The van der Waals surface area contributed by atoms with Crippen molar-refractivity contribution in [2.45, 2.75) is 63.2 Å². The van der Waals surface area contributed by atoms with Gasteiger partial charge in [-0.25, -0.2) is 0 Å². The highest BCUT2D eigenvalue weighted by molar-refractivity contribution is 6.34. The zero-order chi connectivity index (χ0) is 32.8. The Morgan fingerprint density at radius 2 is 1.74 bits per heavy atom. The van der Waals surface area contributed by atoms with Crippen LogP contribution in [-0.2, 0) is 19.1 Å². The first kappa shape index (κ1) is 33.7. The predicted octanol–water partition coefficient (Wildman–Crippen LogP) is 5.40. The van der Waals surface area contributed by atoms with E-state index < -0.39 is 29.6 Å². The summed E-state index contributed by atoms with van der Waals surface area (Å²) >= 11 is 6.58. The van der Waals surface area contributed by atoms with Gasteiger partial charge in [0.15, 0.2) is 0 Å². The number of unbranched alkanes of at least 4 members (excludes halogenated alkanes) is 3. The van der Waals surface area contributed by atoms with Gasteiger partial charge in [0.2, 0.25) is 11.8 Å². The SMILES string of the molecule is C=CCN(C(=O)[C@@H]1[C@H]2C(=O)N(CCCCCCO)C(C(=O)N(CC=C)c3ccccc3Cl)C23CC[C@H]1O3)c1ccc(OCC)cc1. The Kier molecular flexibility index (Phi) is 10.9. The number of para-hydroxylation sites is 1. The van der Waals surface area contributed by atoms with Gasteiger partial charge >= 0.3 is 0 Å². The van der Waals surface area contributed by atoms with Gasteiger partial charge in [0.25, 0.3) is 5.91 Å². The Balaban J connectivity index is 1.51. The van der Waals surface area contributed by atoms with Crippen molar-refractivity contribution in [3.05, 3.63) is 78.9 Å². The van der Waals surface area contributed by atoms with Gasteiger partial charge in [0.1, 0.15) is 17.4 Å². The minimum absolute atomic E-state index is 0.109. The highest BCUT2D eigenvalue weighted by Gasteiger charge is 2.75. The van der Waals surface area contributed by atoms with Crippen molar-refractivity contribution < 1.29 is 29.0 Å². The lowest BCUT2D eigenvalue weighted by Crippen LogP contribution is -2.56. The number of aliphatic hydroxyl groups excluding tert-OH is 1. The molecule has 5 atom stereocenters. The zero-order valence-corrected chi connectivity index (χ0v) is 27.2. The number of likely N-dealkylation sites (tertiary alicyclic amines) is 1. The van der Waals surface area contributed by atoms with Crippen LogP contribution in [0.5, 0.6) is 5.75 Å². The molecule has 0 saturated carbocycles. The van der Waals surface area contributed by atoms with Crippen molar-refractivity contribution in [3.63, 3.8) is 0 Å². The van der Waals surface area contributed by atoms with Gasteiger partial charge in [-0.05, 0) is 69.0 Å². The number of hydrogen-bond acceptors (Lipinski definition) is 6. The molecule has 3 saturated heterocycles. The fourth-order valence-corrected chi connectivity index (χ4v) is 7.71. The number of carbonyl (C=O) groups excluding carboxylic acids is 3. The van der Waals surface area contributed by atoms with E-state index in [1.165, 1.54) is 0 Å². The molecule has 3 fully saturated rings. The monoisotopic (exact) mass is 649 g/mol. The summed E-state index contributed by atoms with van der Waals surface area (Å²) < 4.78 is 12.3. The van der Waals surface area contributed by atoms with Crippen molar-refractivity contribution >= 4 is 40.7 Å². The number of anilines is 2. The van der Waals surface area contributed by atoms with Crippen LogP contribution in [0.15, 0.2) is 73.8 Å². The molecule has 3 amide bonds. The molecule has 246 valence electrons. The summed E-state index contributed by atoms with van der Waals surface area (Å²) in [5.41, 5.74) is 0.0424. The highest BCUT2D eigenvalue weighted by Crippen LogP contribution is 2.59. The highest BCUT2D eigenvalue weighted by atomic mass is 35.5. The molecule has 9 nitrogen and oxygen atoms in total. The van der Waals surface area contributed by atoms with Crippen LogP contribution in [0.4, 0.5) is 11.4 Å². The maximum Gasteiger partial charge on any atom is 0.253 e. The molecule has 2 aromatic rings. The van der Waals surface area contributed by atoms with Crippen molar-refractivity contribution in [2.75, 3.05) is 42.6 Å². The average molecular weight is 650 g/mol. The van der Waals surface area contributed by atoms with E-state index in [1.807, 2.05) is 37.3 Å². The lowest BCUT2D eigenvalue weighted by atomic mass is 9.70. The summed E-state index contributed by atoms with van der Waals surface area (Å²) in [6.07, 6.45) is 6.79. The first-order chi connectivity index (χ1) is 22.3. The number of amides is 3. The molecular formula is C36H44ClN3O6. The largest absolute Gasteiger partial charge is 0.494 e. The topological polar surface area (TPSA) is 99.6 Å². The van der Waals surface area contributed by atoms with Crippen LogP contribution in [0, 0.1) is 11.8 Å². The summed E-state index contributed by atoms with van der Waals surface area (Å²) in [7, 11) is 0. The van der Waals surface area contributed by atoms with Crippen LogP contribution in [0.2, 0.25) is 5.02 Å². The molecule has 0 aliphatic carbocycles. The van der Waals surface area contributed by atoms with E-state index in [4.69, 9.17) is 21.1 Å². The first-order valence-electron chi connectivity index (χ1n) is 16.2. The number of halogens is 1. The van der Waals surface area contributed by atoms with Crippen LogP contribution < -0.4 is 14.5 Å². The molecule has 2 bridgehead atoms. The molecule has 1 spiro atoms. The molecule has 0 radical (unpaired) electrons. The Bertz CT molecular complexity index is 1430. The van der Waals surface area contributed by atoms with Crippen LogP contribution in [0.1, 0.15) is 45.4 Å². The minimum atomic E-state index is -1.15. The van der Waals surface area contributed by atoms with Gasteiger partial charge in [-0.1, -0.05) is 48.7 Å². The lowest BCUT2D eigenvalue weighted by Gasteiger charge is -2.37. The Hall–Kier alpha value is -3.66. The summed E-state index contributed by atoms with van der Waals surface area (Å²) in [4.78, 5) is 48.6. The quantitative estimate of drug-likeness (QED) is 0.193. The number of ether oxygens (including phenoxy) is 2. The summed E-state index contributed by atoms with van der Waals surface area (Å²) in [6, 6.07) is 13.5. The maximum absolute atomic E-state index is 14.7. The number of benzene rings is 2. The number of aliphatic hydroxyl groups is 1. The molecule has 3 aliphatic heterocycles. The second-order valence-corrected chi connectivity index (χ2v) is 12.5.